The van der Waals surface area contributed by atoms with E-state index >= 15 is 0 Å². The van der Waals surface area contributed by atoms with E-state index in [1.54, 1.807) is 24.0 Å². The van der Waals surface area contributed by atoms with Crippen molar-refractivity contribution < 1.29 is 18.5 Å². The van der Waals surface area contributed by atoms with Crippen LogP contribution >= 0.6 is 0 Å². The van der Waals surface area contributed by atoms with Crippen molar-refractivity contribution in [1.29, 1.82) is 0 Å². The van der Waals surface area contributed by atoms with Crippen LogP contribution in [0.5, 0.6) is 0 Å². The Bertz CT molecular complexity index is 898. The van der Waals surface area contributed by atoms with E-state index < -0.39 is 0 Å². The number of benzene rings is 1. The highest BCUT2D eigenvalue weighted by Crippen LogP contribution is 2.28. The van der Waals surface area contributed by atoms with Crippen molar-refractivity contribution in [1.82, 2.24) is 19.9 Å². The lowest BCUT2D eigenvalue weighted by molar-refractivity contribution is -0.141. The highest BCUT2D eigenvalue weighted by molar-refractivity contribution is 5.82. The molecule has 2 fully saturated rings. The zero-order valence-electron chi connectivity index (χ0n) is 17.2. The number of aromatic nitrogens is 2. The van der Waals surface area contributed by atoms with Gasteiger partial charge in [0.25, 0.3) is 0 Å². The fourth-order valence-corrected chi connectivity index (χ4v) is 4.41. The molecule has 2 unspecified atom stereocenters. The van der Waals surface area contributed by atoms with Crippen LogP contribution < -0.4 is 0 Å². The van der Waals surface area contributed by atoms with E-state index in [1.165, 1.54) is 12.1 Å². The van der Waals surface area contributed by atoms with Crippen LogP contribution in [-0.2, 0) is 16.0 Å². The van der Waals surface area contributed by atoms with Gasteiger partial charge in [-0.05, 0) is 50.3 Å². The van der Waals surface area contributed by atoms with Gasteiger partial charge in [0.15, 0.2) is 5.82 Å². The average molecular weight is 414 g/mol. The minimum atomic E-state index is -0.314. The Labute approximate surface area is 175 Å². The lowest BCUT2D eigenvalue weighted by Gasteiger charge is -2.37. The van der Waals surface area contributed by atoms with Gasteiger partial charge in [-0.15, -0.1) is 0 Å². The first kappa shape index (κ1) is 20.5. The van der Waals surface area contributed by atoms with Crippen molar-refractivity contribution >= 4 is 11.8 Å². The number of rotatable bonds is 4. The number of aryl methyl sites for hydroxylation is 1. The molecule has 2 amide bonds. The molecular formula is C22H27FN4O3. The first-order valence-electron chi connectivity index (χ1n) is 10.6. The van der Waals surface area contributed by atoms with Crippen LogP contribution in [0.15, 0.2) is 28.8 Å². The molecule has 0 saturated carbocycles. The van der Waals surface area contributed by atoms with Crippen LogP contribution in [0, 0.1) is 18.7 Å². The predicted octanol–water partition coefficient (Wildman–Crippen LogP) is 2.70. The van der Waals surface area contributed by atoms with Crippen LogP contribution in [0.3, 0.4) is 0 Å². The van der Waals surface area contributed by atoms with Gasteiger partial charge in [-0.1, -0.05) is 17.3 Å². The fourth-order valence-electron chi connectivity index (χ4n) is 4.41. The minimum absolute atomic E-state index is 0.0167. The van der Waals surface area contributed by atoms with E-state index in [2.05, 4.69) is 10.1 Å². The topological polar surface area (TPSA) is 79.5 Å². The van der Waals surface area contributed by atoms with E-state index in [0.717, 1.165) is 37.8 Å². The van der Waals surface area contributed by atoms with E-state index in [4.69, 9.17) is 4.52 Å². The van der Waals surface area contributed by atoms with E-state index in [0.29, 0.717) is 31.3 Å². The minimum Gasteiger partial charge on any atom is -0.342 e. The van der Waals surface area contributed by atoms with Crippen molar-refractivity contribution in [2.45, 2.75) is 44.9 Å². The smallest absolute Gasteiger partial charge is 0.231 e. The second-order valence-electron chi connectivity index (χ2n) is 8.29. The normalized spacial score (nSPS) is 22.2. The molecule has 30 heavy (non-hydrogen) atoms. The maximum Gasteiger partial charge on any atom is 0.231 e. The molecule has 8 heteroatoms. The lowest BCUT2D eigenvalue weighted by Crippen LogP contribution is -2.49. The fraction of sp³-hybridized carbons (Fsp3) is 0.545. The Morgan fingerprint density at radius 2 is 1.83 bits per heavy atom. The third-order valence-corrected chi connectivity index (χ3v) is 6.02. The highest BCUT2D eigenvalue weighted by Gasteiger charge is 2.34. The summed E-state index contributed by atoms with van der Waals surface area (Å²) in [4.78, 5) is 33.9. The molecule has 0 aliphatic carbocycles. The number of hydrogen-bond acceptors (Lipinski definition) is 5. The number of nitrogens with zero attached hydrogens (tertiary/aromatic N) is 4. The van der Waals surface area contributed by atoms with Crippen molar-refractivity contribution in [3.8, 4) is 0 Å². The van der Waals surface area contributed by atoms with E-state index in [9.17, 15) is 14.0 Å². The first-order chi connectivity index (χ1) is 14.5. The van der Waals surface area contributed by atoms with Crippen LogP contribution in [0.1, 0.15) is 48.9 Å². The molecule has 2 saturated heterocycles. The van der Waals surface area contributed by atoms with Gasteiger partial charge in [0, 0.05) is 26.2 Å². The largest absolute Gasteiger partial charge is 0.342 e. The number of carbonyl (C=O) groups is 2. The molecule has 0 radical (unpaired) electrons. The summed E-state index contributed by atoms with van der Waals surface area (Å²) < 4.78 is 18.4. The van der Waals surface area contributed by atoms with Gasteiger partial charge >= 0.3 is 0 Å². The Kier molecular flexibility index (Phi) is 6.11. The molecule has 1 aromatic heterocycles. The van der Waals surface area contributed by atoms with Gasteiger partial charge in [0.2, 0.25) is 17.7 Å². The Balaban J connectivity index is 1.35. The molecule has 0 N–H and O–H groups in total. The van der Waals surface area contributed by atoms with Crippen molar-refractivity contribution in [3.63, 3.8) is 0 Å². The molecule has 3 heterocycles. The Morgan fingerprint density at radius 1 is 1.10 bits per heavy atom. The van der Waals surface area contributed by atoms with Crippen molar-refractivity contribution in [3.05, 3.63) is 47.4 Å². The number of piperidine rings is 2. The van der Waals surface area contributed by atoms with Crippen molar-refractivity contribution in [2.75, 3.05) is 26.2 Å². The summed E-state index contributed by atoms with van der Waals surface area (Å²) in [6.45, 7) is 4.20. The van der Waals surface area contributed by atoms with Gasteiger partial charge in [0.05, 0.1) is 18.3 Å². The maximum absolute atomic E-state index is 13.2. The molecule has 160 valence electrons. The third-order valence-electron chi connectivity index (χ3n) is 6.02. The molecule has 2 aliphatic rings. The SMILES string of the molecule is Cc1noc(C2CCCN(C(=O)C3CCCN(C(=O)Cc4ccc(F)cc4)C3)C2)n1. The number of halogens is 1. The zero-order chi connectivity index (χ0) is 21.1. The molecule has 2 atom stereocenters. The van der Waals surface area contributed by atoms with E-state index in [-0.39, 0.29) is 35.9 Å². The Morgan fingerprint density at radius 3 is 2.57 bits per heavy atom. The van der Waals surface area contributed by atoms with Gasteiger partial charge in [-0.3, -0.25) is 9.59 Å². The van der Waals surface area contributed by atoms with Gasteiger partial charge in [-0.2, -0.15) is 4.98 Å². The van der Waals surface area contributed by atoms with Crippen LogP contribution in [0.4, 0.5) is 4.39 Å². The highest BCUT2D eigenvalue weighted by atomic mass is 19.1. The monoisotopic (exact) mass is 414 g/mol. The summed E-state index contributed by atoms with van der Waals surface area (Å²) in [7, 11) is 0. The van der Waals surface area contributed by atoms with E-state index in [1.807, 2.05) is 4.90 Å². The summed E-state index contributed by atoms with van der Waals surface area (Å²) in [5.74, 6) is 0.876. The quantitative estimate of drug-likeness (QED) is 0.769. The molecule has 1 aromatic carbocycles. The first-order valence-corrected chi connectivity index (χ1v) is 10.6. The summed E-state index contributed by atoms with van der Waals surface area (Å²) in [5.41, 5.74) is 0.781. The standard InChI is InChI=1S/C22H27FN4O3/c1-15-24-21(30-25-15)17-4-2-11-27(13-17)22(29)18-5-3-10-26(14-18)20(28)12-16-6-8-19(23)9-7-16/h6-9,17-18H,2-5,10-14H2,1H3. The van der Waals surface area contributed by atoms with Crippen LogP contribution in [0.25, 0.3) is 0 Å². The second kappa shape index (κ2) is 8.93. The maximum atomic E-state index is 13.2. The van der Waals surface area contributed by atoms with Crippen LogP contribution in [0.2, 0.25) is 0 Å². The molecule has 7 nitrogen and oxygen atoms in total. The summed E-state index contributed by atoms with van der Waals surface area (Å²) in [6, 6.07) is 5.99. The number of carbonyl (C=O) groups excluding carboxylic acids is 2. The number of likely N-dealkylation sites (tertiary alicyclic amines) is 2. The summed E-state index contributed by atoms with van der Waals surface area (Å²) >= 11 is 0. The van der Waals surface area contributed by atoms with Crippen LogP contribution in [-0.4, -0.2) is 57.9 Å². The number of hydrogen-bond donors (Lipinski definition) is 0. The average Bonchev–Trinajstić information content (AvgIpc) is 3.21. The summed E-state index contributed by atoms with van der Waals surface area (Å²) in [6.07, 6.45) is 3.66. The lowest BCUT2D eigenvalue weighted by atomic mass is 9.92. The van der Waals surface area contributed by atoms with Crippen molar-refractivity contribution in [2.24, 2.45) is 5.92 Å². The van der Waals surface area contributed by atoms with Gasteiger partial charge in [-0.25, -0.2) is 4.39 Å². The zero-order valence-corrected chi connectivity index (χ0v) is 17.2. The molecule has 2 aliphatic heterocycles. The molecular weight excluding hydrogens is 387 g/mol. The van der Waals surface area contributed by atoms with Gasteiger partial charge < -0.3 is 14.3 Å². The second-order valence-corrected chi connectivity index (χ2v) is 8.29. The number of amides is 2. The molecule has 4 rings (SSSR count). The summed E-state index contributed by atoms with van der Waals surface area (Å²) in [5, 5.41) is 3.87. The third kappa shape index (κ3) is 4.68. The molecule has 0 spiro atoms. The van der Waals surface area contributed by atoms with Gasteiger partial charge in [0.1, 0.15) is 5.82 Å². The molecule has 2 aromatic rings. The molecule has 0 bridgehead atoms. The Hall–Kier alpha value is -2.77. The predicted molar refractivity (Wildman–Crippen MR) is 107 cm³/mol.